The number of hydrogen-bond acceptors (Lipinski definition) is 4. The molecule has 3 atom stereocenters. The van der Waals surface area contributed by atoms with Crippen LogP contribution in [0.1, 0.15) is 29.7 Å². The lowest BCUT2D eigenvalue weighted by Crippen LogP contribution is -2.50. The Morgan fingerprint density at radius 1 is 0.923 bits per heavy atom. The van der Waals surface area contributed by atoms with Crippen molar-refractivity contribution in [2.45, 2.75) is 38.3 Å². The molecule has 0 aliphatic carbocycles. The van der Waals surface area contributed by atoms with E-state index in [0.717, 1.165) is 16.7 Å². The van der Waals surface area contributed by atoms with Gasteiger partial charge in [0.2, 0.25) is 0 Å². The first-order valence-corrected chi connectivity index (χ1v) is 8.54. The van der Waals surface area contributed by atoms with E-state index in [1.54, 1.807) is 6.92 Å². The van der Waals surface area contributed by atoms with Gasteiger partial charge in [-0.15, -0.1) is 0 Å². The summed E-state index contributed by atoms with van der Waals surface area (Å²) in [6, 6.07) is 16.5. The van der Waals surface area contributed by atoms with Crippen LogP contribution in [0.5, 0.6) is 0 Å². The number of benzene rings is 2. The fourth-order valence-corrected chi connectivity index (χ4v) is 3.08. The summed E-state index contributed by atoms with van der Waals surface area (Å²) in [5.74, 6) is -1.44. The van der Waals surface area contributed by atoms with Crippen LogP contribution in [0.25, 0.3) is 0 Å². The number of carbonyl (C=O) groups is 2. The summed E-state index contributed by atoms with van der Waals surface area (Å²) in [6.07, 6.45) is -3.62. The molecule has 0 radical (unpaired) electrons. The zero-order valence-corrected chi connectivity index (χ0v) is 14.5. The molecule has 6 nitrogen and oxygen atoms in total. The van der Waals surface area contributed by atoms with E-state index < -0.39 is 24.0 Å². The van der Waals surface area contributed by atoms with Crippen molar-refractivity contribution in [3.05, 3.63) is 71.3 Å². The first kappa shape index (κ1) is 18.1. The van der Waals surface area contributed by atoms with Crippen molar-refractivity contribution in [2.75, 3.05) is 0 Å². The van der Waals surface area contributed by atoms with Gasteiger partial charge in [-0.3, -0.25) is 9.59 Å². The molecular weight excluding hydrogens is 332 g/mol. The third-order valence-corrected chi connectivity index (χ3v) is 4.63. The number of nitrogens with one attached hydrogen (secondary N) is 1. The molecule has 0 aromatic heterocycles. The summed E-state index contributed by atoms with van der Waals surface area (Å²) >= 11 is 0. The molecule has 26 heavy (non-hydrogen) atoms. The highest BCUT2D eigenvalue weighted by atomic mass is 16.3. The molecule has 0 saturated carbocycles. The van der Waals surface area contributed by atoms with Crippen molar-refractivity contribution in [1.82, 2.24) is 10.2 Å². The van der Waals surface area contributed by atoms with Gasteiger partial charge in [-0.1, -0.05) is 54.6 Å². The maximum atomic E-state index is 12.5. The Kier molecular flexibility index (Phi) is 5.35. The first-order chi connectivity index (χ1) is 12.5. The van der Waals surface area contributed by atoms with Crippen LogP contribution in [0.4, 0.5) is 0 Å². The first-order valence-electron chi connectivity index (χ1n) is 8.54. The van der Waals surface area contributed by atoms with E-state index >= 15 is 0 Å². The molecule has 2 aromatic rings. The van der Waals surface area contributed by atoms with E-state index in [4.69, 9.17) is 0 Å². The van der Waals surface area contributed by atoms with Crippen LogP contribution in [-0.2, 0) is 22.7 Å². The molecule has 0 saturated heterocycles. The minimum Gasteiger partial charge on any atom is -0.380 e. The van der Waals surface area contributed by atoms with E-state index in [0.29, 0.717) is 13.1 Å². The summed E-state index contributed by atoms with van der Waals surface area (Å²) in [4.78, 5) is 26.1. The van der Waals surface area contributed by atoms with E-state index in [1.165, 1.54) is 4.90 Å². The Hall–Kier alpha value is -2.70. The second kappa shape index (κ2) is 7.68. The molecule has 3 rings (SSSR count). The van der Waals surface area contributed by atoms with Crippen LogP contribution in [0.3, 0.4) is 0 Å². The fourth-order valence-electron chi connectivity index (χ4n) is 3.08. The van der Waals surface area contributed by atoms with Gasteiger partial charge in [0.25, 0.3) is 11.8 Å². The molecular formula is C20H22N2O4. The molecule has 3 N–H and O–H groups in total. The second-order valence-corrected chi connectivity index (χ2v) is 6.49. The Morgan fingerprint density at radius 3 is 2.04 bits per heavy atom. The van der Waals surface area contributed by atoms with Crippen molar-refractivity contribution >= 4 is 11.8 Å². The Morgan fingerprint density at radius 2 is 1.46 bits per heavy atom. The lowest BCUT2D eigenvalue weighted by atomic mass is 10.1. The highest BCUT2D eigenvalue weighted by Crippen LogP contribution is 2.23. The summed E-state index contributed by atoms with van der Waals surface area (Å²) in [5.41, 5.74) is 2.87. The average molecular weight is 354 g/mol. The van der Waals surface area contributed by atoms with Crippen LogP contribution in [0.15, 0.2) is 54.6 Å². The smallest absolute Gasteiger partial charge is 0.255 e. The minimum absolute atomic E-state index is 0.350. The number of aliphatic hydroxyl groups is 2. The van der Waals surface area contributed by atoms with Crippen molar-refractivity contribution < 1.29 is 19.8 Å². The maximum Gasteiger partial charge on any atom is 0.255 e. The number of aliphatic hydroxyl groups excluding tert-OH is 2. The monoisotopic (exact) mass is 354 g/mol. The van der Waals surface area contributed by atoms with Crippen LogP contribution in [0.2, 0.25) is 0 Å². The SMILES string of the molecule is C[C@@H](NC(=O)[C@H](O)[C@@H](O)C(=O)N1Cc2ccccc2C1)c1ccccc1. The topological polar surface area (TPSA) is 89.9 Å². The lowest BCUT2D eigenvalue weighted by molar-refractivity contribution is -0.153. The summed E-state index contributed by atoms with van der Waals surface area (Å²) < 4.78 is 0. The molecule has 6 heteroatoms. The van der Waals surface area contributed by atoms with Gasteiger partial charge in [0.1, 0.15) is 0 Å². The number of carbonyl (C=O) groups excluding carboxylic acids is 2. The van der Waals surface area contributed by atoms with E-state index in [-0.39, 0.29) is 6.04 Å². The van der Waals surface area contributed by atoms with Gasteiger partial charge >= 0.3 is 0 Å². The van der Waals surface area contributed by atoms with Crippen molar-refractivity contribution in [1.29, 1.82) is 0 Å². The van der Waals surface area contributed by atoms with Gasteiger partial charge in [0.15, 0.2) is 12.2 Å². The van der Waals surface area contributed by atoms with Gasteiger partial charge < -0.3 is 20.4 Å². The molecule has 2 aromatic carbocycles. The quantitative estimate of drug-likeness (QED) is 0.751. The molecule has 1 aliphatic rings. The van der Waals surface area contributed by atoms with Crippen LogP contribution in [0, 0.1) is 0 Å². The average Bonchev–Trinajstić information content (AvgIpc) is 3.11. The third-order valence-electron chi connectivity index (χ3n) is 4.63. The van der Waals surface area contributed by atoms with Gasteiger partial charge in [-0.2, -0.15) is 0 Å². The molecule has 0 unspecified atom stereocenters. The Balaban J connectivity index is 1.59. The highest BCUT2D eigenvalue weighted by molar-refractivity contribution is 5.91. The fraction of sp³-hybridized carbons (Fsp3) is 0.300. The third kappa shape index (κ3) is 3.76. The lowest BCUT2D eigenvalue weighted by Gasteiger charge is -2.24. The van der Waals surface area contributed by atoms with E-state index in [1.807, 2.05) is 54.6 Å². The standard InChI is InChI=1S/C20H22N2O4/c1-13(14-7-3-2-4-8-14)21-19(25)17(23)18(24)20(26)22-11-15-9-5-6-10-16(15)12-22/h2-10,13,17-18,23-24H,11-12H2,1H3,(H,21,25)/t13-,17-,18-/m1/s1. The van der Waals surface area contributed by atoms with Crippen molar-refractivity contribution in [3.8, 4) is 0 Å². The summed E-state index contributed by atoms with van der Waals surface area (Å²) in [7, 11) is 0. The predicted molar refractivity (Wildman–Crippen MR) is 95.7 cm³/mol. The second-order valence-electron chi connectivity index (χ2n) is 6.49. The summed E-state index contributed by atoms with van der Waals surface area (Å²) in [6.45, 7) is 2.49. The Bertz CT molecular complexity index is 768. The maximum absolute atomic E-state index is 12.5. The van der Waals surface area contributed by atoms with Crippen LogP contribution < -0.4 is 5.32 Å². The molecule has 0 fully saturated rings. The van der Waals surface area contributed by atoms with Crippen molar-refractivity contribution in [2.24, 2.45) is 0 Å². The molecule has 1 heterocycles. The predicted octanol–water partition coefficient (Wildman–Crippen LogP) is 1.13. The van der Waals surface area contributed by atoms with Crippen LogP contribution >= 0.6 is 0 Å². The zero-order chi connectivity index (χ0) is 18.7. The normalized spacial score (nSPS) is 16.5. The number of rotatable bonds is 5. The van der Waals surface area contributed by atoms with Gasteiger partial charge in [-0.25, -0.2) is 0 Å². The van der Waals surface area contributed by atoms with Gasteiger partial charge in [0.05, 0.1) is 6.04 Å². The van der Waals surface area contributed by atoms with E-state index in [9.17, 15) is 19.8 Å². The minimum atomic E-state index is -1.82. The molecule has 2 amide bonds. The molecule has 0 bridgehead atoms. The van der Waals surface area contributed by atoms with Gasteiger partial charge in [-0.05, 0) is 23.6 Å². The largest absolute Gasteiger partial charge is 0.380 e. The van der Waals surface area contributed by atoms with Gasteiger partial charge in [0, 0.05) is 13.1 Å². The van der Waals surface area contributed by atoms with E-state index in [2.05, 4.69) is 5.32 Å². The Labute approximate surface area is 152 Å². The zero-order valence-electron chi connectivity index (χ0n) is 14.5. The molecule has 136 valence electrons. The highest BCUT2D eigenvalue weighted by Gasteiger charge is 2.35. The molecule has 0 spiro atoms. The number of nitrogens with zero attached hydrogens (tertiary/aromatic N) is 1. The van der Waals surface area contributed by atoms with Crippen molar-refractivity contribution in [3.63, 3.8) is 0 Å². The summed E-state index contributed by atoms with van der Waals surface area (Å²) in [5, 5.41) is 22.9. The van der Waals surface area contributed by atoms with Crippen LogP contribution in [-0.4, -0.2) is 39.1 Å². The number of fused-ring (bicyclic) bond motifs is 1. The number of amides is 2. The molecule has 1 aliphatic heterocycles. The number of hydrogen-bond donors (Lipinski definition) is 3.